The summed E-state index contributed by atoms with van der Waals surface area (Å²) in [4.78, 5) is 32.2. The smallest absolute Gasteiger partial charge is 0.270 e. The number of halogens is 2. The fourth-order valence-corrected chi connectivity index (χ4v) is 3.99. The van der Waals surface area contributed by atoms with Crippen LogP contribution in [0.4, 0.5) is 5.69 Å². The number of rotatable bonds is 4. The Balaban J connectivity index is 1.32. The van der Waals surface area contributed by atoms with Crippen molar-refractivity contribution in [2.75, 3.05) is 38.0 Å². The molecule has 2 aromatic carbocycles. The number of amides is 2. The highest BCUT2D eigenvalue weighted by molar-refractivity contribution is 9.10. The van der Waals surface area contributed by atoms with Crippen LogP contribution in [0.15, 0.2) is 53.0 Å². The van der Waals surface area contributed by atoms with Crippen LogP contribution in [-0.2, 0) is 4.79 Å². The Bertz CT molecular complexity index is 1060. The highest BCUT2D eigenvalue weighted by atomic mass is 79.9. The summed E-state index contributed by atoms with van der Waals surface area (Å²) < 4.78 is 0.967. The summed E-state index contributed by atoms with van der Waals surface area (Å²) in [6.45, 7) is 2.73. The minimum absolute atomic E-state index is 0.0162. The molecule has 2 N–H and O–H groups in total. The topological polar surface area (TPSA) is 68.4 Å². The van der Waals surface area contributed by atoms with E-state index in [0.29, 0.717) is 42.6 Å². The van der Waals surface area contributed by atoms with Crippen molar-refractivity contribution in [2.24, 2.45) is 0 Å². The molecule has 29 heavy (non-hydrogen) atoms. The van der Waals surface area contributed by atoms with E-state index >= 15 is 0 Å². The number of piperazine rings is 1. The highest BCUT2D eigenvalue weighted by Gasteiger charge is 2.24. The number of aromatic nitrogens is 1. The molecular weight excluding hydrogens is 456 g/mol. The van der Waals surface area contributed by atoms with E-state index in [0.717, 1.165) is 15.4 Å². The SMILES string of the molecule is O=C(CN1CCN(C(=O)c2cc3ccc(Br)cc3[nH]2)CC1)Nc1ccccc1Cl. The summed E-state index contributed by atoms with van der Waals surface area (Å²) >= 11 is 9.53. The summed E-state index contributed by atoms with van der Waals surface area (Å²) in [7, 11) is 0. The van der Waals surface area contributed by atoms with Gasteiger partial charge >= 0.3 is 0 Å². The fourth-order valence-electron chi connectivity index (χ4n) is 3.45. The second-order valence-electron chi connectivity index (χ2n) is 7.01. The van der Waals surface area contributed by atoms with Crippen LogP contribution in [0.1, 0.15) is 10.5 Å². The Morgan fingerprint density at radius 2 is 1.83 bits per heavy atom. The van der Waals surface area contributed by atoms with Crippen molar-refractivity contribution in [3.8, 4) is 0 Å². The number of anilines is 1. The zero-order valence-electron chi connectivity index (χ0n) is 15.6. The Labute approximate surface area is 181 Å². The fraction of sp³-hybridized carbons (Fsp3) is 0.238. The molecule has 6 nitrogen and oxygen atoms in total. The van der Waals surface area contributed by atoms with Crippen molar-refractivity contribution in [1.29, 1.82) is 0 Å². The lowest BCUT2D eigenvalue weighted by atomic mass is 10.2. The van der Waals surface area contributed by atoms with E-state index in [1.807, 2.05) is 46.2 Å². The zero-order valence-corrected chi connectivity index (χ0v) is 18.0. The van der Waals surface area contributed by atoms with Gasteiger partial charge in [0.1, 0.15) is 5.69 Å². The van der Waals surface area contributed by atoms with E-state index < -0.39 is 0 Å². The van der Waals surface area contributed by atoms with Gasteiger partial charge in [-0.25, -0.2) is 0 Å². The Hall–Kier alpha value is -2.35. The molecule has 2 heterocycles. The van der Waals surface area contributed by atoms with Crippen molar-refractivity contribution in [1.82, 2.24) is 14.8 Å². The minimum atomic E-state index is -0.112. The Kier molecular flexibility index (Phi) is 5.89. The minimum Gasteiger partial charge on any atom is -0.350 e. The second kappa shape index (κ2) is 8.57. The van der Waals surface area contributed by atoms with Gasteiger partial charge in [0.15, 0.2) is 0 Å². The van der Waals surface area contributed by atoms with Crippen LogP contribution in [0.5, 0.6) is 0 Å². The largest absolute Gasteiger partial charge is 0.350 e. The average molecular weight is 476 g/mol. The van der Waals surface area contributed by atoms with E-state index in [2.05, 4.69) is 26.2 Å². The molecule has 0 saturated carbocycles. The van der Waals surface area contributed by atoms with Gasteiger partial charge in [-0.3, -0.25) is 14.5 Å². The van der Waals surface area contributed by atoms with Gasteiger partial charge < -0.3 is 15.2 Å². The second-order valence-corrected chi connectivity index (χ2v) is 8.33. The van der Waals surface area contributed by atoms with E-state index in [-0.39, 0.29) is 18.4 Å². The monoisotopic (exact) mass is 474 g/mol. The van der Waals surface area contributed by atoms with Gasteiger partial charge in [-0.2, -0.15) is 0 Å². The lowest BCUT2D eigenvalue weighted by Gasteiger charge is -2.34. The lowest BCUT2D eigenvalue weighted by molar-refractivity contribution is -0.117. The number of fused-ring (bicyclic) bond motifs is 1. The predicted octanol–water partition coefficient (Wildman–Crippen LogP) is 3.98. The molecule has 1 fully saturated rings. The number of aromatic amines is 1. The van der Waals surface area contributed by atoms with Crippen molar-refractivity contribution >= 4 is 55.9 Å². The van der Waals surface area contributed by atoms with E-state index in [4.69, 9.17) is 11.6 Å². The third kappa shape index (κ3) is 4.63. The van der Waals surface area contributed by atoms with Crippen LogP contribution in [-0.4, -0.2) is 59.3 Å². The molecule has 8 heteroatoms. The molecule has 4 rings (SSSR count). The van der Waals surface area contributed by atoms with Crippen LogP contribution in [0.3, 0.4) is 0 Å². The third-order valence-electron chi connectivity index (χ3n) is 4.99. The maximum atomic E-state index is 12.8. The normalized spacial score (nSPS) is 14.9. The van der Waals surface area contributed by atoms with Gasteiger partial charge in [0, 0.05) is 41.6 Å². The first kappa shape index (κ1) is 19.9. The number of H-pyrrole nitrogens is 1. The number of carbonyl (C=O) groups is 2. The molecule has 150 valence electrons. The predicted molar refractivity (Wildman–Crippen MR) is 118 cm³/mol. The first-order chi connectivity index (χ1) is 14.0. The molecular formula is C21H20BrClN4O2. The molecule has 1 saturated heterocycles. The van der Waals surface area contributed by atoms with Crippen LogP contribution in [0, 0.1) is 0 Å². The first-order valence-electron chi connectivity index (χ1n) is 9.34. The van der Waals surface area contributed by atoms with Gasteiger partial charge in [-0.1, -0.05) is 45.7 Å². The molecule has 0 atom stereocenters. The van der Waals surface area contributed by atoms with E-state index in [9.17, 15) is 9.59 Å². The van der Waals surface area contributed by atoms with Crippen LogP contribution in [0.25, 0.3) is 10.9 Å². The molecule has 0 aliphatic carbocycles. The summed E-state index contributed by atoms with van der Waals surface area (Å²) in [5.41, 5.74) is 2.12. The molecule has 0 spiro atoms. The quantitative estimate of drug-likeness (QED) is 0.600. The van der Waals surface area contributed by atoms with Gasteiger partial charge in [-0.15, -0.1) is 0 Å². The summed E-state index contributed by atoms with van der Waals surface area (Å²) in [5, 5.41) is 4.36. The van der Waals surface area contributed by atoms with E-state index in [1.54, 1.807) is 12.1 Å². The maximum absolute atomic E-state index is 12.8. The van der Waals surface area contributed by atoms with Crippen molar-refractivity contribution in [2.45, 2.75) is 0 Å². The maximum Gasteiger partial charge on any atom is 0.270 e. The van der Waals surface area contributed by atoms with Gasteiger partial charge in [-0.05, 0) is 30.3 Å². The highest BCUT2D eigenvalue weighted by Crippen LogP contribution is 2.22. The number of benzene rings is 2. The van der Waals surface area contributed by atoms with Crippen LogP contribution < -0.4 is 5.32 Å². The third-order valence-corrected chi connectivity index (χ3v) is 5.81. The summed E-state index contributed by atoms with van der Waals surface area (Å²) in [5.74, 6) is -0.128. The lowest BCUT2D eigenvalue weighted by Crippen LogP contribution is -2.50. The van der Waals surface area contributed by atoms with Crippen molar-refractivity contribution in [3.63, 3.8) is 0 Å². The zero-order chi connectivity index (χ0) is 20.4. The number of hydrogen-bond acceptors (Lipinski definition) is 3. The Morgan fingerprint density at radius 3 is 2.59 bits per heavy atom. The standard InChI is InChI=1S/C21H20BrClN4O2/c22-15-6-5-14-11-19(24-18(14)12-15)21(29)27-9-7-26(8-10-27)13-20(28)25-17-4-2-1-3-16(17)23/h1-6,11-12,24H,7-10,13H2,(H,25,28). The molecule has 1 aromatic heterocycles. The molecule has 3 aromatic rings. The van der Waals surface area contributed by atoms with Crippen molar-refractivity contribution in [3.05, 3.63) is 63.7 Å². The van der Waals surface area contributed by atoms with Gasteiger partial charge in [0.2, 0.25) is 5.91 Å². The van der Waals surface area contributed by atoms with E-state index in [1.165, 1.54) is 0 Å². The molecule has 2 amide bonds. The number of hydrogen-bond donors (Lipinski definition) is 2. The summed E-state index contributed by atoms with van der Waals surface area (Å²) in [6, 6.07) is 14.9. The number of carbonyl (C=O) groups excluding carboxylic acids is 2. The molecule has 0 unspecified atom stereocenters. The molecule has 0 bridgehead atoms. The number of nitrogens with zero attached hydrogens (tertiary/aromatic N) is 2. The van der Waals surface area contributed by atoms with Gasteiger partial charge in [0.25, 0.3) is 5.91 Å². The molecule has 0 radical (unpaired) electrons. The molecule has 1 aliphatic heterocycles. The average Bonchev–Trinajstić information content (AvgIpc) is 3.13. The van der Waals surface area contributed by atoms with Gasteiger partial charge in [0.05, 0.1) is 17.3 Å². The van der Waals surface area contributed by atoms with Crippen LogP contribution >= 0.6 is 27.5 Å². The summed E-state index contributed by atoms with van der Waals surface area (Å²) in [6.07, 6.45) is 0. The number of para-hydroxylation sites is 1. The Morgan fingerprint density at radius 1 is 1.07 bits per heavy atom. The number of nitrogens with one attached hydrogen (secondary N) is 2. The van der Waals surface area contributed by atoms with Crippen LogP contribution in [0.2, 0.25) is 5.02 Å². The first-order valence-corrected chi connectivity index (χ1v) is 10.5. The molecule has 1 aliphatic rings. The van der Waals surface area contributed by atoms with Crippen molar-refractivity contribution < 1.29 is 9.59 Å².